The molecular weight excluding hydrogens is 242 g/mol. The molecule has 0 atom stereocenters. The van der Waals surface area contributed by atoms with Crippen molar-refractivity contribution in [2.75, 3.05) is 25.6 Å². The molecule has 5 nitrogen and oxygen atoms in total. The number of rotatable bonds is 3. The summed E-state index contributed by atoms with van der Waals surface area (Å²) in [6.45, 7) is 1.55. The van der Waals surface area contributed by atoms with E-state index in [1.54, 1.807) is 6.07 Å². The van der Waals surface area contributed by atoms with E-state index in [1.807, 2.05) is 5.38 Å². The van der Waals surface area contributed by atoms with E-state index < -0.39 is 6.16 Å². The lowest BCUT2D eigenvalue weighted by atomic mass is 10.1. The Morgan fingerprint density at radius 1 is 1.53 bits per heavy atom. The average molecular weight is 257 g/mol. The van der Waals surface area contributed by atoms with E-state index in [-0.39, 0.29) is 0 Å². The lowest BCUT2D eigenvalue weighted by Gasteiger charge is -2.23. The monoisotopic (exact) mass is 257 g/mol. The van der Waals surface area contributed by atoms with Gasteiger partial charge in [-0.2, -0.15) is 0 Å². The van der Waals surface area contributed by atoms with Crippen LogP contribution in [0.3, 0.4) is 0 Å². The normalized spacial score (nSPS) is 16.5. The summed E-state index contributed by atoms with van der Waals surface area (Å²) in [6.07, 6.45) is 1.24. The molecule has 1 aromatic rings. The van der Waals surface area contributed by atoms with Gasteiger partial charge in [-0.05, 0) is 24.3 Å². The molecule has 0 saturated carbocycles. The van der Waals surface area contributed by atoms with Gasteiger partial charge in [-0.1, -0.05) is 0 Å². The highest BCUT2D eigenvalue weighted by Gasteiger charge is 2.17. The Labute approximate surface area is 104 Å². The Morgan fingerprint density at radius 3 is 3.00 bits per heavy atom. The maximum atomic E-state index is 11.0. The topological polar surface area (TPSA) is 56.8 Å². The molecule has 1 aliphatic rings. The summed E-state index contributed by atoms with van der Waals surface area (Å²) in [7, 11) is 1.29. The van der Waals surface area contributed by atoms with Crippen molar-refractivity contribution in [1.82, 2.24) is 0 Å². The van der Waals surface area contributed by atoms with Crippen LogP contribution in [0.4, 0.5) is 9.80 Å². The maximum Gasteiger partial charge on any atom is 0.513 e. The molecule has 1 N–H and O–H groups in total. The van der Waals surface area contributed by atoms with Crippen LogP contribution in [0.15, 0.2) is 11.4 Å². The first-order valence-electron chi connectivity index (χ1n) is 5.47. The highest BCUT2D eigenvalue weighted by molar-refractivity contribution is 7.14. The second-order valence-corrected chi connectivity index (χ2v) is 4.62. The number of hydrogen-bond acceptors (Lipinski definition) is 6. The number of hydrogen-bond donors (Lipinski definition) is 1. The Bertz CT molecular complexity index is 373. The lowest BCUT2D eigenvalue weighted by molar-refractivity contribution is 0.0903. The van der Waals surface area contributed by atoms with E-state index in [0.29, 0.717) is 11.8 Å². The van der Waals surface area contributed by atoms with Crippen molar-refractivity contribution < 1.29 is 19.0 Å². The summed E-state index contributed by atoms with van der Waals surface area (Å²) >= 11 is 1.51. The molecule has 0 unspecified atom stereocenters. The second kappa shape index (κ2) is 5.88. The molecule has 94 valence electrons. The fourth-order valence-corrected chi connectivity index (χ4v) is 2.43. The molecule has 2 rings (SSSR count). The van der Waals surface area contributed by atoms with Gasteiger partial charge >= 0.3 is 6.16 Å². The zero-order valence-corrected chi connectivity index (χ0v) is 10.4. The zero-order chi connectivity index (χ0) is 12.1. The van der Waals surface area contributed by atoms with Crippen LogP contribution in [-0.4, -0.2) is 32.5 Å². The molecule has 1 fully saturated rings. The number of thiophene rings is 1. The van der Waals surface area contributed by atoms with Gasteiger partial charge in [0.25, 0.3) is 0 Å². The Kier molecular flexibility index (Phi) is 4.22. The SMILES string of the molecule is COC(=O)Oc1ccsc1NC1CCOCC1. The number of methoxy groups -OCH3 is 1. The van der Waals surface area contributed by atoms with Crippen LogP contribution < -0.4 is 10.1 Å². The van der Waals surface area contributed by atoms with E-state index >= 15 is 0 Å². The molecule has 0 aliphatic carbocycles. The fourth-order valence-electron chi connectivity index (χ4n) is 1.64. The molecule has 0 amide bonds. The van der Waals surface area contributed by atoms with Gasteiger partial charge < -0.3 is 19.5 Å². The highest BCUT2D eigenvalue weighted by Crippen LogP contribution is 2.32. The molecule has 1 aliphatic heterocycles. The number of ether oxygens (including phenoxy) is 3. The minimum Gasteiger partial charge on any atom is -0.437 e. The Morgan fingerprint density at radius 2 is 2.29 bits per heavy atom. The quantitative estimate of drug-likeness (QED) is 0.843. The first-order valence-corrected chi connectivity index (χ1v) is 6.35. The van der Waals surface area contributed by atoms with Crippen molar-refractivity contribution in [1.29, 1.82) is 0 Å². The summed E-state index contributed by atoms with van der Waals surface area (Å²) in [6, 6.07) is 2.13. The van der Waals surface area contributed by atoms with E-state index in [1.165, 1.54) is 18.4 Å². The number of anilines is 1. The molecular formula is C11H15NO4S. The van der Waals surface area contributed by atoms with Crippen LogP contribution in [0.5, 0.6) is 5.75 Å². The van der Waals surface area contributed by atoms with Crippen LogP contribution >= 0.6 is 11.3 Å². The number of carbonyl (C=O) groups excluding carboxylic acids is 1. The van der Waals surface area contributed by atoms with Gasteiger partial charge in [-0.25, -0.2) is 4.79 Å². The minimum atomic E-state index is -0.696. The van der Waals surface area contributed by atoms with Crippen LogP contribution in [0, 0.1) is 0 Å². The summed E-state index contributed by atoms with van der Waals surface area (Å²) in [5.74, 6) is 0.522. The van der Waals surface area contributed by atoms with Crippen molar-refractivity contribution in [3.63, 3.8) is 0 Å². The molecule has 17 heavy (non-hydrogen) atoms. The van der Waals surface area contributed by atoms with Crippen molar-refractivity contribution in [2.45, 2.75) is 18.9 Å². The van der Waals surface area contributed by atoms with Crippen molar-refractivity contribution >= 4 is 22.5 Å². The lowest BCUT2D eigenvalue weighted by Crippen LogP contribution is -2.27. The van der Waals surface area contributed by atoms with Gasteiger partial charge in [0.2, 0.25) is 0 Å². The molecule has 2 heterocycles. The molecule has 0 aromatic carbocycles. The molecule has 6 heteroatoms. The summed E-state index contributed by atoms with van der Waals surface area (Å²) in [4.78, 5) is 11.0. The Balaban J connectivity index is 1.95. The van der Waals surface area contributed by atoms with E-state index in [0.717, 1.165) is 31.1 Å². The zero-order valence-electron chi connectivity index (χ0n) is 9.60. The molecule has 0 spiro atoms. The van der Waals surface area contributed by atoms with Crippen LogP contribution in [0.1, 0.15) is 12.8 Å². The molecule has 1 saturated heterocycles. The largest absolute Gasteiger partial charge is 0.513 e. The van der Waals surface area contributed by atoms with Crippen LogP contribution in [0.2, 0.25) is 0 Å². The van der Waals surface area contributed by atoms with E-state index in [2.05, 4.69) is 10.1 Å². The van der Waals surface area contributed by atoms with Gasteiger partial charge in [0.05, 0.1) is 7.11 Å². The third-order valence-corrected chi connectivity index (χ3v) is 3.37. The van der Waals surface area contributed by atoms with Crippen LogP contribution in [0.25, 0.3) is 0 Å². The molecule has 0 radical (unpaired) electrons. The van der Waals surface area contributed by atoms with Gasteiger partial charge in [0.1, 0.15) is 5.00 Å². The third kappa shape index (κ3) is 3.34. The summed E-state index contributed by atoms with van der Waals surface area (Å²) in [5, 5.41) is 6.10. The fraction of sp³-hybridized carbons (Fsp3) is 0.545. The van der Waals surface area contributed by atoms with Gasteiger partial charge in [-0.15, -0.1) is 11.3 Å². The maximum absolute atomic E-state index is 11.0. The standard InChI is InChI=1S/C11H15NO4S/c1-14-11(13)16-9-4-7-17-10(9)12-8-2-5-15-6-3-8/h4,7-8,12H,2-3,5-6H2,1H3. The predicted octanol–water partition coefficient (Wildman–Crippen LogP) is 2.48. The second-order valence-electron chi connectivity index (χ2n) is 3.70. The van der Waals surface area contributed by atoms with Gasteiger partial charge in [-0.3, -0.25) is 0 Å². The first kappa shape index (κ1) is 12.2. The first-order chi connectivity index (χ1) is 8.29. The van der Waals surface area contributed by atoms with Crippen molar-refractivity contribution in [3.05, 3.63) is 11.4 Å². The third-order valence-electron chi connectivity index (χ3n) is 2.55. The van der Waals surface area contributed by atoms with Crippen molar-refractivity contribution in [2.24, 2.45) is 0 Å². The Hall–Kier alpha value is -1.27. The summed E-state index contributed by atoms with van der Waals surface area (Å²) in [5.41, 5.74) is 0. The van der Waals surface area contributed by atoms with E-state index in [9.17, 15) is 4.79 Å². The van der Waals surface area contributed by atoms with Crippen LogP contribution in [-0.2, 0) is 9.47 Å². The number of carbonyl (C=O) groups is 1. The van der Waals surface area contributed by atoms with Gasteiger partial charge in [0.15, 0.2) is 5.75 Å². The van der Waals surface area contributed by atoms with Crippen molar-refractivity contribution in [3.8, 4) is 5.75 Å². The highest BCUT2D eigenvalue weighted by atomic mass is 32.1. The van der Waals surface area contributed by atoms with Gasteiger partial charge in [0, 0.05) is 19.3 Å². The van der Waals surface area contributed by atoms with E-state index in [4.69, 9.17) is 9.47 Å². The smallest absolute Gasteiger partial charge is 0.437 e. The minimum absolute atomic E-state index is 0.377. The summed E-state index contributed by atoms with van der Waals surface area (Å²) < 4.78 is 14.8. The predicted molar refractivity (Wildman–Crippen MR) is 64.8 cm³/mol. The average Bonchev–Trinajstić information content (AvgIpc) is 2.78. The molecule has 1 aromatic heterocycles. The molecule has 0 bridgehead atoms. The number of nitrogens with one attached hydrogen (secondary N) is 1.